The molecule has 0 spiro atoms. The van der Waals surface area contributed by atoms with Crippen molar-refractivity contribution >= 4 is 17.9 Å². The minimum absolute atomic E-state index is 0.0342. The van der Waals surface area contributed by atoms with Gasteiger partial charge < -0.3 is 28.5 Å². The zero-order chi connectivity index (χ0) is 27.3. The number of allylic oxidation sites excluding steroid dienone is 1. The number of carbonyl (C=O) groups excluding carboxylic acids is 3. The fraction of sp³-hybridized carbons (Fsp3) is 0.621. The highest BCUT2D eigenvalue weighted by Crippen LogP contribution is 2.73. The van der Waals surface area contributed by atoms with Gasteiger partial charge in [0, 0.05) is 34.8 Å². The van der Waals surface area contributed by atoms with Crippen molar-refractivity contribution in [2.24, 2.45) is 28.1 Å². The first-order valence-corrected chi connectivity index (χ1v) is 13.2. The van der Waals surface area contributed by atoms with E-state index in [0.717, 1.165) is 22.3 Å². The van der Waals surface area contributed by atoms with Crippen LogP contribution in [0.15, 0.2) is 45.8 Å². The van der Waals surface area contributed by atoms with Crippen molar-refractivity contribution < 1.29 is 42.9 Å². The summed E-state index contributed by atoms with van der Waals surface area (Å²) in [4.78, 5) is 38.0. The molecule has 1 aromatic rings. The third kappa shape index (κ3) is 3.03. The summed E-state index contributed by atoms with van der Waals surface area (Å²) >= 11 is 0. The molecule has 9 nitrogen and oxygen atoms in total. The van der Waals surface area contributed by atoms with Gasteiger partial charge in [-0.25, -0.2) is 4.79 Å². The number of hydrogen-bond acceptors (Lipinski definition) is 9. The Hall–Kier alpha value is -2.91. The van der Waals surface area contributed by atoms with Crippen molar-refractivity contribution in [2.75, 3.05) is 13.7 Å². The van der Waals surface area contributed by atoms with Crippen molar-refractivity contribution in [2.45, 2.75) is 71.4 Å². The Balaban J connectivity index is 1.56. The largest absolute Gasteiger partial charge is 0.472 e. The molecule has 4 bridgehead atoms. The predicted octanol–water partition coefficient (Wildman–Crippen LogP) is 3.78. The molecule has 8 atom stereocenters. The molecule has 3 fully saturated rings. The first-order chi connectivity index (χ1) is 17.9. The van der Waals surface area contributed by atoms with E-state index in [4.69, 9.17) is 23.4 Å². The van der Waals surface area contributed by atoms with Gasteiger partial charge in [-0.15, -0.1) is 0 Å². The minimum atomic E-state index is -1.66. The molecule has 0 unspecified atom stereocenters. The highest BCUT2D eigenvalue weighted by atomic mass is 16.6. The summed E-state index contributed by atoms with van der Waals surface area (Å²) in [7, 11) is 1.34. The second-order valence-corrected chi connectivity index (χ2v) is 12.2. The number of fused-ring (bicyclic) bond motifs is 3. The smallest absolute Gasteiger partial charge is 0.331 e. The van der Waals surface area contributed by atoms with Crippen LogP contribution in [0, 0.1) is 28.1 Å². The molecule has 1 aromatic heterocycles. The lowest BCUT2D eigenvalue weighted by molar-refractivity contribution is -0.417. The number of ether oxygens (including phenoxy) is 4. The second kappa shape index (κ2) is 8.05. The van der Waals surface area contributed by atoms with Crippen LogP contribution in [0.25, 0.3) is 0 Å². The number of furan rings is 1. The van der Waals surface area contributed by atoms with Gasteiger partial charge >= 0.3 is 17.9 Å². The maximum absolute atomic E-state index is 12.9. The van der Waals surface area contributed by atoms with E-state index in [1.807, 2.05) is 19.9 Å². The van der Waals surface area contributed by atoms with E-state index >= 15 is 0 Å². The summed E-state index contributed by atoms with van der Waals surface area (Å²) in [5.74, 6) is -3.98. The number of carbonyl (C=O) groups is 3. The van der Waals surface area contributed by atoms with Gasteiger partial charge in [-0.3, -0.25) is 9.59 Å². The Morgan fingerprint density at radius 2 is 2.00 bits per heavy atom. The second-order valence-electron chi connectivity index (χ2n) is 12.2. The Morgan fingerprint density at radius 1 is 1.24 bits per heavy atom. The van der Waals surface area contributed by atoms with E-state index in [1.165, 1.54) is 14.0 Å². The lowest BCUT2D eigenvalue weighted by Gasteiger charge is -2.72. The lowest BCUT2D eigenvalue weighted by Crippen LogP contribution is -2.78. The van der Waals surface area contributed by atoms with E-state index < -0.39 is 64.0 Å². The summed E-state index contributed by atoms with van der Waals surface area (Å²) in [6.07, 6.45) is 5.20. The number of rotatable bonds is 4. The summed E-state index contributed by atoms with van der Waals surface area (Å²) in [5.41, 5.74) is 1.36. The van der Waals surface area contributed by atoms with E-state index in [9.17, 15) is 19.5 Å². The van der Waals surface area contributed by atoms with Crippen LogP contribution in [0.4, 0.5) is 0 Å². The van der Waals surface area contributed by atoms with E-state index in [-0.39, 0.29) is 13.0 Å². The third-order valence-corrected chi connectivity index (χ3v) is 10.4. The summed E-state index contributed by atoms with van der Waals surface area (Å²) in [6.45, 7) is 7.52. The maximum atomic E-state index is 12.9. The molecule has 2 saturated heterocycles. The topological polar surface area (TPSA) is 122 Å². The minimum Gasteiger partial charge on any atom is -0.472 e. The molecule has 38 heavy (non-hydrogen) atoms. The van der Waals surface area contributed by atoms with Crippen LogP contribution < -0.4 is 0 Å². The maximum Gasteiger partial charge on any atom is 0.331 e. The van der Waals surface area contributed by atoms with Gasteiger partial charge in [-0.2, -0.15) is 0 Å². The molecule has 6 aliphatic rings. The fourth-order valence-corrected chi connectivity index (χ4v) is 8.60. The summed E-state index contributed by atoms with van der Waals surface area (Å²) in [6, 6.07) is 1.81. The Morgan fingerprint density at radius 3 is 2.66 bits per heavy atom. The zero-order valence-electron chi connectivity index (χ0n) is 22.4. The predicted molar refractivity (Wildman–Crippen MR) is 131 cm³/mol. The first-order valence-electron chi connectivity index (χ1n) is 13.2. The van der Waals surface area contributed by atoms with Crippen molar-refractivity contribution in [3.05, 3.63) is 47.0 Å². The van der Waals surface area contributed by atoms with E-state index in [2.05, 4.69) is 6.92 Å². The number of esters is 3. The molecule has 1 saturated carbocycles. The van der Waals surface area contributed by atoms with Crippen LogP contribution in [-0.2, 0) is 33.3 Å². The average molecular weight is 527 g/mol. The lowest BCUT2D eigenvalue weighted by atomic mass is 9.39. The van der Waals surface area contributed by atoms with Crippen LogP contribution in [0.1, 0.15) is 65.0 Å². The van der Waals surface area contributed by atoms with Gasteiger partial charge in [0.05, 0.1) is 38.6 Å². The quantitative estimate of drug-likeness (QED) is 0.461. The van der Waals surface area contributed by atoms with Gasteiger partial charge in [-0.1, -0.05) is 26.3 Å². The molecule has 0 aromatic carbocycles. The van der Waals surface area contributed by atoms with Crippen LogP contribution >= 0.6 is 0 Å². The molecule has 4 heterocycles. The molecule has 1 N–H and O–H groups in total. The van der Waals surface area contributed by atoms with Gasteiger partial charge in [-0.05, 0) is 42.4 Å². The average Bonchev–Trinajstić information content (AvgIpc) is 3.39. The van der Waals surface area contributed by atoms with Crippen molar-refractivity contribution in [1.29, 1.82) is 0 Å². The van der Waals surface area contributed by atoms with Crippen LogP contribution in [0.5, 0.6) is 0 Å². The first kappa shape index (κ1) is 25.4. The number of aliphatic hydroxyl groups is 1. The normalized spacial score (nSPS) is 43.0. The van der Waals surface area contributed by atoms with Crippen LogP contribution in [-0.4, -0.2) is 48.6 Å². The zero-order valence-corrected chi connectivity index (χ0v) is 22.4. The molecule has 0 radical (unpaired) electrons. The van der Waals surface area contributed by atoms with Crippen LogP contribution in [0.2, 0.25) is 0 Å². The molecule has 3 aliphatic heterocycles. The highest BCUT2D eigenvalue weighted by molar-refractivity contribution is 5.86. The molecule has 204 valence electrons. The van der Waals surface area contributed by atoms with Crippen molar-refractivity contribution in [3.8, 4) is 0 Å². The third-order valence-electron chi connectivity index (χ3n) is 10.4. The van der Waals surface area contributed by atoms with Gasteiger partial charge in [0.25, 0.3) is 0 Å². The van der Waals surface area contributed by atoms with Crippen molar-refractivity contribution in [3.63, 3.8) is 0 Å². The summed E-state index contributed by atoms with van der Waals surface area (Å²) < 4.78 is 28.4. The molecule has 0 amide bonds. The summed E-state index contributed by atoms with van der Waals surface area (Å²) in [5, 5.41) is 12.3. The standard InChI is InChI=1S/C29H34O9/c1-15(30)37-25-20-10-17-18(28(4)21(12-22(31)34-5)27(25,3)14-36-29(20,28)33)6-8-26(2)19(17)11-23(32)38-24(26)16-7-9-35-13-16/h7,9,11,13,20-21,24-25,33H,6,8,10,12,14H2,1-5H3/t20-,21-,24-,25+,26+,27-,28+,29+/m0/s1. The SMILES string of the molecule is COC(=O)C[C@H]1[C@]2(C)CO[C@]3(O)[C@@H](CC4=C(CC[C@]5(C)C4=CC(=O)O[C@H]5c4ccoc4)[C@]13C)[C@H]2OC(C)=O. The fourth-order valence-electron chi connectivity index (χ4n) is 8.60. The number of methoxy groups -OCH3 is 1. The van der Waals surface area contributed by atoms with Crippen LogP contribution in [0.3, 0.4) is 0 Å². The number of cyclic esters (lactones) is 1. The van der Waals surface area contributed by atoms with Gasteiger partial charge in [0.1, 0.15) is 12.2 Å². The number of hydrogen-bond donors (Lipinski definition) is 1. The Kier molecular flexibility index (Phi) is 5.38. The van der Waals surface area contributed by atoms with Gasteiger partial charge in [0.15, 0.2) is 5.79 Å². The Labute approximate surface area is 221 Å². The van der Waals surface area contributed by atoms with Crippen molar-refractivity contribution in [1.82, 2.24) is 0 Å². The molecule has 9 heteroatoms. The Bertz CT molecular complexity index is 1280. The van der Waals surface area contributed by atoms with Gasteiger partial charge in [0.2, 0.25) is 0 Å². The molecular weight excluding hydrogens is 492 g/mol. The monoisotopic (exact) mass is 526 g/mol. The molecule has 3 aliphatic carbocycles. The van der Waals surface area contributed by atoms with E-state index in [1.54, 1.807) is 18.6 Å². The molecule has 7 rings (SSSR count). The van der Waals surface area contributed by atoms with E-state index in [0.29, 0.717) is 19.3 Å². The molecular formula is C29H34O9. The highest BCUT2D eigenvalue weighted by Gasteiger charge is 2.78.